The maximum Gasteiger partial charge on any atom is 0.251 e. The Morgan fingerprint density at radius 3 is 2.58 bits per heavy atom. The van der Waals surface area contributed by atoms with E-state index < -0.39 is 5.82 Å². The van der Waals surface area contributed by atoms with Gasteiger partial charge in [0.15, 0.2) is 11.6 Å². The van der Waals surface area contributed by atoms with Gasteiger partial charge >= 0.3 is 0 Å². The van der Waals surface area contributed by atoms with Crippen molar-refractivity contribution in [3.63, 3.8) is 0 Å². The van der Waals surface area contributed by atoms with Crippen molar-refractivity contribution in [2.45, 2.75) is 6.61 Å². The first-order valence-corrected chi connectivity index (χ1v) is 5.89. The van der Waals surface area contributed by atoms with E-state index in [2.05, 4.69) is 5.32 Å². The van der Waals surface area contributed by atoms with Gasteiger partial charge in [-0.3, -0.25) is 4.79 Å². The second-order valence-corrected chi connectivity index (χ2v) is 4.00. The van der Waals surface area contributed by atoms with Gasteiger partial charge in [0.25, 0.3) is 5.91 Å². The number of benzene rings is 2. The maximum absolute atomic E-state index is 13.7. The highest BCUT2D eigenvalue weighted by Crippen LogP contribution is 2.19. The number of carbonyl (C=O) groups is 1. The minimum Gasteiger partial charge on any atom is -0.486 e. The van der Waals surface area contributed by atoms with E-state index in [-0.39, 0.29) is 23.8 Å². The van der Waals surface area contributed by atoms with Gasteiger partial charge in [0.05, 0.1) is 0 Å². The Morgan fingerprint density at radius 1 is 1.21 bits per heavy atom. The van der Waals surface area contributed by atoms with Crippen LogP contribution in [-0.2, 0) is 6.61 Å². The highest BCUT2D eigenvalue weighted by atomic mass is 19.1. The Balaban J connectivity index is 2.07. The van der Waals surface area contributed by atoms with E-state index in [0.29, 0.717) is 0 Å². The second kappa shape index (κ2) is 6.00. The molecule has 0 aliphatic rings. The smallest absolute Gasteiger partial charge is 0.251 e. The van der Waals surface area contributed by atoms with Crippen LogP contribution in [0, 0.1) is 5.82 Å². The zero-order valence-corrected chi connectivity index (χ0v) is 10.5. The van der Waals surface area contributed by atoms with Crippen LogP contribution in [0.15, 0.2) is 48.5 Å². The average molecular weight is 259 g/mol. The molecule has 0 saturated heterocycles. The van der Waals surface area contributed by atoms with Crippen LogP contribution in [0.2, 0.25) is 0 Å². The van der Waals surface area contributed by atoms with Crippen molar-refractivity contribution in [3.8, 4) is 5.75 Å². The van der Waals surface area contributed by atoms with Gasteiger partial charge in [0.2, 0.25) is 0 Å². The molecule has 4 heteroatoms. The van der Waals surface area contributed by atoms with E-state index in [1.54, 1.807) is 0 Å². The predicted molar refractivity (Wildman–Crippen MR) is 70.6 cm³/mol. The maximum atomic E-state index is 13.7. The quantitative estimate of drug-likeness (QED) is 0.916. The van der Waals surface area contributed by atoms with E-state index in [1.807, 2.05) is 30.3 Å². The fourth-order valence-electron chi connectivity index (χ4n) is 1.64. The molecule has 2 aromatic rings. The van der Waals surface area contributed by atoms with Crippen molar-refractivity contribution >= 4 is 5.91 Å². The van der Waals surface area contributed by atoms with Gasteiger partial charge in [-0.05, 0) is 23.8 Å². The summed E-state index contributed by atoms with van der Waals surface area (Å²) in [5.74, 6) is -0.734. The molecule has 0 unspecified atom stereocenters. The van der Waals surface area contributed by atoms with Gasteiger partial charge in [0, 0.05) is 12.6 Å². The lowest BCUT2D eigenvalue weighted by Gasteiger charge is -2.08. The van der Waals surface area contributed by atoms with Crippen molar-refractivity contribution in [3.05, 3.63) is 65.5 Å². The summed E-state index contributed by atoms with van der Waals surface area (Å²) in [6.45, 7) is 0.289. The summed E-state index contributed by atoms with van der Waals surface area (Å²) in [6, 6.07) is 13.6. The van der Waals surface area contributed by atoms with Crippen LogP contribution < -0.4 is 10.1 Å². The SMILES string of the molecule is CNC(=O)c1ccc(OCc2ccccc2)c(F)c1. The van der Waals surface area contributed by atoms with Gasteiger partial charge in [0.1, 0.15) is 6.61 Å². The number of nitrogens with one attached hydrogen (secondary N) is 1. The molecule has 0 aliphatic heterocycles. The van der Waals surface area contributed by atoms with E-state index >= 15 is 0 Å². The molecule has 2 aromatic carbocycles. The number of hydrogen-bond acceptors (Lipinski definition) is 2. The average Bonchev–Trinajstić information content (AvgIpc) is 2.46. The molecule has 1 N–H and O–H groups in total. The van der Waals surface area contributed by atoms with Crippen molar-refractivity contribution in [1.82, 2.24) is 5.32 Å². The molecule has 0 spiro atoms. The van der Waals surface area contributed by atoms with Crippen LogP contribution in [0.3, 0.4) is 0 Å². The molecule has 2 rings (SSSR count). The fraction of sp³-hybridized carbons (Fsp3) is 0.133. The normalized spacial score (nSPS) is 10.0. The molecule has 0 aromatic heterocycles. The summed E-state index contributed by atoms with van der Waals surface area (Å²) in [5.41, 5.74) is 1.23. The van der Waals surface area contributed by atoms with Gasteiger partial charge in [-0.25, -0.2) is 4.39 Å². The van der Waals surface area contributed by atoms with Crippen molar-refractivity contribution in [1.29, 1.82) is 0 Å². The molecule has 0 bridgehead atoms. The summed E-state index contributed by atoms with van der Waals surface area (Å²) >= 11 is 0. The first kappa shape index (κ1) is 13.1. The summed E-state index contributed by atoms with van der Waals surface area (Å²) in [4.78, 5) is 11.3. The Bertz CT molecular complexity index is 570. The highest BCUT2D eigenvalue weighted by Gasteiger charge is 2.09. The molecule has 0 atom stereocenters. The van der Waals surface area contributed by atoms with Gasteiger partial charge in [-0.2, -0.15) is 0 Å². The Morgan fingerprint density at radius 2 is 1.95 bits per heavy atom. The number of rotatable bonds is 4. The fourth-order valence-corrected chi connectivity index (χ4v) is 1.64. The van der Waals surface area contributed by atoms with Gasteiger partial charge in [-0.1, -0.05) is 30.3 Å². The number of halogens is 1. The van der Waals surface area contributed by atoms with Crippen LogP contribution in [0.5, 0.6) is 5.75 Å². The molecule has 19 heavy (non-hydrogen) atoms. The first-order chi connectivity index (χ1) is 9.20. The number of ether oxygens (including phenoxy) is 1. The topological polar surface area (TPSA) is 38.3 Å². The molecular weight excluding hydrogens is 245 g/mol. The lowest BCUT2D eigenvalue weighted by atomic mass is 10.2. The van der Waals surface area contributed by atoms with Crippen LogP contribution in [-0.4, -0.2) is 13.0 Å². The third kappa shape index (κ3) is 3.31. The van der Waals surface area contributed by atoms with E-state index in [0.717, 1.165) is 5.56 Å². The summed E-state index contributed by atoms with van der Waals surface area (Å²) in [5, 5.41) is 2.44. The second-order valence-electron chi connectivity index (χ2n) is 4.00. The summed E-state index contributed by atoms with van der Waals surface area (Å²) in [7, 11) is 1.50. The van der Waals surface area contributed by atoms with Gasteiger partial charge in [-0.15, -0.1) is 0 Å². The van der Waals surface area contributed by atoms with Crippen LogP contribution in [0.1, 0.15) is 15.9 Å². The third-order valence-corrected chi connectivity index (χ3v) is 2.66. The Hall–Kier alpha value is -2.36. The third-order valence-electron chi connectivity index (χ3n) is 2.66. The standard InChI is InChI=1S/C15H14FNO2/c1-17-15(18)12-7-8-14(13(16)9-12)19-10-11-5-3-2-4-6-11/h2-9H,10H2,1H3,(H,17,18). The Kier molecular flexibility index (Phi) is 4.13. The number of amides is 1. The minimum atomic E-state index is -0.544. The monoisotopic (exact) mass is 259 g/mol. The predicted octanol–water partition coefficient (Wildman–Crippen LogP) is 2.76. The molecule has 0 fully saturated rings. The molecular formula is C15H14FNO2. The van der Waals surface area contributed by atoms with E-state index in [4.69, 9.17) is 4.74 Å². The van der Waals surface area contributed by atoms with Crippen LogP contribution >= 0.6 is 0 Å². The van der Waals surface area contributed by atoms with Gasteiger partial charge < -0.3 is 10.1 Å². The van der Waals surface area contributed by atoms with Crippen molar-refractivity contribution in [2.24, 2.45) is 0 Å². The highest BCUT2D eigenvalue weighted by molar-refractivity contribution is 5.94. The summed E-state index contributed by atoms with van der Waals surface area (Å²) in [6.07, 6.45) is 0. The molecule has 98 valence electrons. The van der Waals surface area contributed by atoms with Crippen molar-refractivity contribution in [2.75, 3.05) is 7.05 Å². The Labute approximate surface area is 111 Å². The van der Waals surface area contributed by atoms with Crippen molar-refractivity contribution < 1.29 is 13.9 Å². The first-order valence-electron chi connectivity index (χ1n) is 5.89. The summed E-state index contributed by atoms with van der Waals surface area (Å²) < 4.78 is 19.1. The molecule has 3 nitrogen and oxygen atoms in total. The lowest BCUT2D eigenvalue weighted by molar-refractivity contribution is 0.0962. The number of hydrogen-bond donors (Lipinski definition) is 1. The van der Waals surface area contributed by atoms with Crippen LogP contribution in [0.4, 0.5) is 4.39 Å². The molecule has 1 amide bonds. The van der Waals surface area contributed by atoms with Crippen LogP contribution in [0.25, 0.3) is 0 Å². The molecule has 0 heterocycles. The molecule has 0 aliphatic carbocycles. The van der Waals surface area contributed by atoms with E-state index in [9.17, 15) is 9.18 Å². The minimum absolute atomic E-state index is 0.136. The largest absolute Gasteiger partial charge is 0.486 e. The molecule has 0 saturated carbocycles. The zero-order valence-electron chi connectivity index (χ0n) is 10.5. The number of carbonyl (C=O) groups excluding carboxylic acids is 1. The van der Waals surface area contributed by atoms with E-state index in [1.165, 1.54) is 25.2 Å². The molecule has 0 radical (unpaired) electrons. The zero-order chi connectivity index (χ0) is 13.7. The lowest BCUT2D eigenvalue weighted by Crippen LogP contribution is -2.17.